The fourth-order valence-electron chi connectivity index (χ4n) is 3.39. The van der Waals surface area contributed by atoms with E-state index in [-0.39, 0.29) is 0 Å². The highest BCUT2D eigenvalue weighted by Crippen LogP contribution is 2.38. The van der Waals surface area contributed by atoms with E-state index in [0.29, 0.717) is 0 Å². The SMILES string of the molecule is Nc1cc(N2CCOCC2)ccc1N1CCc2ccccc21. The molecule has 0 saturated carbocycles. The van der Waals surface area contributed by atoms with Crippen LogP contribution in [-0.2, 0) is 11.2 Å². The molecule has 4 nitrogen and oxygen atoms in total. The van der Waals surface area contributed by atoms with E-state index in [2.05, 4.69) is 52.3 Å². The van der Waals surface area contributed by atoms with Crippen molar-refractivity contribution >= 4 is 22.7 Å². The second kappa shape index (κ2) is 5.54. The standard InChI is InChI=1S/C18H21N3O/c19-16-13-15(20-9-11-22-12-10-20)5-6-18(16)21-8-7-14-3-1-2-4-17(14)21/h1-6,13H,7-12,19H2. The zero-order chi connectivity index (χ0) is 14.9. The first kappa shape index (κ1) is 13.5. The normalized spacial score (nSPS) is 17.6. The maximum Gasteiger partial charge on any atom is 0.0646 e. The zero-order valence-electron chi connectivity index (χ0n) is 12.7. The van der Waals surface area contributed by atoms with Crippen LogP contribution >= 0.6 is 0 Å². The number of rotatable bonds is 2. The van der Waals surface area contributed by atoms with Gasteiger partial charge in [0.05, 0.1) is 24.6 Å². The summed E-state index contributed by atoms with van der Waals surface area (Å²) in [7, 11) is 0. The van der Waals surface area contributed by atoms with Gasteiger partial charge in [-0.05, 0) is 36.2 Å². The molecule has 2 aromatic carbocycles. The summed E-state index contributed by atoms with van der Waals surface area (Å²) in [6.45, 7) is 4.46. The van der Waals surface area contributed by atoms with Gasteiger partial charge < -0.3 is 20.3 Å². The number of morpholine rings is 1. The van der Waals surface area contributed by atoms with E-state index in [1.54, 1.807) is 0 Å². The van der Waals surface area contributed by atoms with Gasteiger partial charge in [-0.15, -0.1) is 0 Å². The Morgan fingerprint density at radius 2 is 1.73 bits per heavy atom. The number of fused-ring (bicyclic) bond motifs is 1. The highest BCUT2D eigenvalue weighted by atomic mass is 16.5. The molecule has 1 saturated heterocycles. The van der Waals surface area contributed by atoms with Gasteiger partial charge in [0.15, 0.2) is 0 Å². The number of benzene rings is 2. The van der Waals surface area contributed by atoms with Crippen LogP contribution in [0.4, 0.5) is 22.7 Å². The van der Waals surface area contributed by atoms with E-state index in [9.17, 15) is 0 Å². The minimum Gasteiger partial charge on any atom is -0.397 e. The minimum atomic E-state index is 0.793. The molecular weight excluding hydrogens is 274 g/mol. The van der Waals surface area contributed by atoms with Crippen molar-refractivity contribution in [3.8, 4) is 0 Å². The van der Waals surface area contributed by atoms with Gasteiger partial charge in [-0.1, -0.05) is 18.2 Å². The fourth-order valence-corrected chi connectivity index (χ4v) is 3.39. The van der Waals surface area contributed by atoms with E-state index >= 15 is 0 Å². The van der Waals surface area contributed by atoms with Crippen LogP contribution in [0.15, 0.2) is 42.5 Å². The Morgan fingerprint density at radius 3 is 2.55 bits per heavy atom. The number of para-hydroxylation sites is 1. The van der Waals surface area contributed by atoms with Crippen molar-refractivity contribution < 1.29 is 4.74 Å². The van der Waals surface area contributed by atoms with Gasteiger partial charge in [0, 0.05) is 31.0 Å². The van der Waals surface area contributed by atoms with Crippen LogP contribution in [0.5, 0.6) is 0 Å². The highest BCUT2D eigenvalue weighted by Gasteiger charge is 2.22. The summed E-state index contributed by atoms with van der Waals surface area (Å²) in [5.74, 6) is 0. The van der Waals surface area contributed by atoms with Crippen molar-refractivity contribution in [3.05, 3.63) is 48.0 Å². The van der Waals surface area contributed by atoms with Crippen LogP contribution in [0.3, 0.4) is 0 Å². The van der Waals surface area contributed by atoms with Gasteiger partial charge in [0.2, 0.25) is 0 Å². The maximum absolute atomic E-state index is 6.37. The summed E-state index contributed by atoms with van der Waals surface area (Å²) in [5, 5.41) is 0. The number of hydrogen-bond donors (Lipinski definition) is 1. The first-order chi connectivity index (χ1) is 10.8. The Balaban J connectivity index is 1.64. The predicted octanol–water partition coefficient (Wildman–Crippen LogP) is 2.80. The third kappa shape index (κ3) is 2.29. The first-order valence-corrected chi connectivity index (χ1v) is 7.90. The number of hydrogen-bond acceptors (Lipinski definition) is 4. The van der Waals surface area contributed by atoms with E-state index in [1.807, 2.05) is 0 Å². The van der Waals surface area contributed by atoms with Crippen molar-refractivity contribution in [2.75, 3.05) is 48.4 Å². The van der Waals surface area contributed by atoms with Gasteiger partial charge in [-0.3, -0.25) is 0 Å². The number of nitrogens with two attached hydrogens (primary N) is 1. The molecule has 4 rings (SSSR count). The smallest absolute Gasteiger partial charge is 0.0646 e. The molecule has 22 heavy (non-hydrogen) atoms. The fraction of sp³-hybridized carbons (Fsp3) is 0.333. The average Bonchev–Trinajstić information content (AvgIpc) is 2.99. The maximum atomic E-state index is 6.37. The second-order valence-corrected chi connectivity index (χ2v) is 5.87. The number of nitrogens with zero attached hydrogens (tertiary/aromatic N) is 2. The molecule has 0 aromatic heterocycles. The van der Waals surface area contributed by atoms with Crippen LogP contribution in [0, 0.1) is 0 Å². The van der Waals surface area contributed by atoms with E-state index in [1.165, 1.54) is 16.9 Å². The molecule has 2 aliphatic heterocycles. The highest BCUT2D eigenvalue weighted by molar-refractivity contribution is 5.80. The summed E-state index contributed by atoms with van der Waals surface area (Å²) >= 11 is 0. The quantitative estimate of drug-likeness (QED) is 0.865. The molecule has 4 heteroatoms. The summed E-state index contributed by atoms with van der Waals surface area (Å²) in [5.41, 5.74) is 12.2. The van der Waals surface area contributed by atoms with Gasteiger partial charge in [0.1, 0.15) is 0 Å². The van der Waals surface area contributed by atoms with Crippen molar-refractivity contribution in [1.82, 2.24) is 0 Å². The van der Waals surface area contributed by atoms with Crippen molar-refractivity contribution in [3.63, 3.8) is 0 Å². The summed E-state index contributed by atoms with van der Waals surface area (Å²) in [6.07, 6.45) is 1.08. The van der Waals surface area contributed by atoms with E-state index in [0.717, 1.165) is 50.6 Å². The Labute approximate surface area is 131 Å². The molecule has 0 unspecified atom stereocenters. The van der Waals surface area contributed by atoms with Crippen molar-refractivity contribution in [2.45, 2.75) is 6.42 Å². The molecule has 2 aliphatic rings. The van der Waals surface area contributed by atoms with Crippen LogP contribution in [-0.4, -0.2) is 32.8 Å². The number of ether oxygens (including phenoxy) is 1. The Hall–Kier alpha value is -2.20. The Morgan fingerprint density at radius 1 is 0.909 bits per heavy atom. The molecule has 0 radical (unpaired) electrons. The second-order valence-electron chi connectivity index (χ2n) is 5.87. The Bertz CT molecular complexity index is 680. The molecule has 0 aliphatic carbocycles. The lowest BCUT2D eigenvalue weighted by Crippen LogP contribution is -2.36. The lowest BCUT2D eigenvalue weighted by molar-refractivity contribution is 0.122. The van der Waals surface area contributed by atoms with Gasteiger partial charge >= 0.3 is 0 Å². The molecule has 2 heterocycles. The molecule has 2 N–H and O–H groups in total. The molecule has 114 valence electrons. The van der Waals surface area contributed by atoms with Crippen LogP contribution in [0.1, 0.15) is 5.56 Å². The number of nitrogen functional groups attached to an aromatic ring is 1. The lowest BCUT2D eigenvalue weighted by atomic mass is 10.1. The van der Waals surface area contributed by atoms with Crippen molar-refractivity contribution in [1.29, 1.82) is 0 Å². The largest absolute Gasteiger partial charge is 0.397 e. The van der Waals surface area contributed by atoms with E-state index < -0.39 is 0 Å². The topological polar surface area (TPSA) is 41.7 Å². The lowest BCUT2D eigenvalue weighted by Gasteiger charge is -2.30. The Kier molecular flexibility index (Phi) is 3.39. The van der Waals surface area contributed by atoms with Crippen LogP contribution < -0.4 is 15.5 Å². The molecule has 2 aromatic rings. The van der Waals surface area contributed by atoms with Gasteiger partial charge in [-0.25, -0.2) is 0 Å². The predicted molar refractivity (Wildman–Crippen MR) is 91.0 cm³/mol. The molecule has 0 spiro atoms. The van der Waals surface area contributed by atoms with Gasteiger partial charge in [0.25, 0.3) is 0 Å². The third-order valence-corrected chi connectivity index (χ3v) is 4.57. The minimum absolute atomic E-state index is 0.793. The zero-order valence-corrected chi connectivity index (χ0v) is 12.7. The van der Waals surface area contributed by atoms with Crippen LogP contribution in [0.25, 0.3) is 0 Å². The number of anilines is 4. The van der Waals surface area contributed by atoms with Gasteiger partial charge in [-0.2, -0.15) is 0 Å². The molecule has 1 fully saturated rings. The summed E-state index contributed by atoms with van der Waals surface area (Å²) < 4.78 is 5.41. The third-order valence-electron chi connectivity index (χ3n) is 4.57. The summed E-state index contributed by atoms with van der Waals surface area (Å²) in [4.78, 5) is 4.66. The van der Waals surface area contributed by atoms with Crippen LogP contribution in [0.2, 0.25) is 0 Å². The molecule has 0 atom stereocenters. The van der Waals surface area contributed by atoms with E-state index in [4.69, 9.17) is 10.5 Å². The average molecular weight is 295 g/mol. The molecule has 0 amide bonds. The van der Waals surface area contributed by atoms with Crippen molar-refractivity contribution in [2.24, 2.45) is 0 Å². The summed E-state index contributed by atoms with van der Waals surface area (Å²) in [6, 6.07) is 15.0. The monoisotopic (exact) mass is 295 g/mol. The molecule has 0 bridgehead atoms. The first-order valence-electron chi connectivity index (χ1n) is 7.90. The molecular formula is C18H21N3O.